The van der Waals surface area contributed by atoms with Crippen molar-refractivity contribution in [2.24, 2.45) is 7.05 Å². The van der Waals surface area contributed by atoms with Crippen molar-refractivity contribution in [2.75, 3.05) is 0 Å². The molecule has 0 fully saturated rings. The van der Waals surface area contributed by atoms with E-state index >= 15 is 0 Å². The highest BCUT2D eigenvalue weighted by molar-refractivity contribution is 5.84. The normalized spacial score (nSPS) is 10.5. The van der Waals surface area contributed by atoms with Gasteiger partial charge in [-0.1, -0.05) is 5.21 Å². The third-order valence-corrected chi connectivity index (χ3v) is 1.98. The second-order valence-corrected chi connectivity index (χ2v) is 3.06. The molecule has 0 aliphatic heterocycles. The quantitative estimate of drug-likeness (QED) is 0.750. The summed E-state index contributed by atoms with van der Waals surface area (Å²) in [5, 5.41) is 15.8. The summed E-state index contributed by atoms with van der Waals surface area (Å²) in [6, 6.07) is 0. The van der Waals surface area contributed by atoms with Crippen molar-refractivity contribution < 1.29 is 9.90 Å². The Morgan fingerprint density at radius 1 is 1.60 bits per heavy atom. The van der Waals surface area contributed by atoms with Gasteiger partial charge in [-0.3, -0.25) is 0 Å². The first kappa shape index (κ1) is 9.38. The van der Waals surface area contributed by atoms with Crippen molar-refractivity contribution >= 4 is 5.97 Å². The van der Waals surface area contributed by atoms with E-state index in [1.54, 1.807) is 6.20 Å². The largest absolute Gasteiger partial charge is 0.476 e. The molecule has 0 spiro atoms. The zero-order valence-corrected chi connectivity index (χ0v) is 8.03. The number of aromatic carboxylic acids is 1. The van der Waals surface area contributed by atoms with Crippen LogP contribution < -0.4 is 0 Å². The number of nitrogens with zero attached hydrogens (tertiary/aromatic N) is 5. The molecule has 0 aliphatic rings. The zero-order valence-electron chi connectivity index (χ0n) is 8.03. The third-order valence-electron chi connectivity index (χ3n) is 1.98. The van der Waals surface area contributed by atoms with Gasteiger partial charge in [0.1, 0.15) is 12.4 Å². The van der Waals surface area contributed by atoms with Crippen LogP contribution >= 0.6 is 0 Å². The van der Waals surface area contributed by atoms with Crippen molar-refractivity contribution in [1.82, 2.24) is 24.5 Å². The maximum Gasteiger partial charge on any atom is 0.358 e. The lowest BCUT2D eigenvalue weighted by Gasteiger charge is -1.99. The first-order chi connectivity index (χ1) is 7.16. The van der Waals surface area contributed by atoms with Crippen LogP contribution in [0.3, 0.4) is 0 Å². The SMILES string of the molecule is Cn1ccnc1Cn1cc(C(=O)O)nn1. The monoisotopic (exact) mass is 207 g/mol. The lowest BCUT2D eigenvalue weighted by molar-refractivity contribution is 0.0690. The first-order valence-electron chi connectivity index (χ1n) is 4.26. The van der Waals surface area contributed by atoms with Gasteiger partial charge in [0.2, 0.25) is 0 Å². The predicted octanol–water partition coefficient (Wildman–Crippen LogP) is -0.242. The molecule has 0 aliphatic carbocycles. The highest BCUT2D eigenvalue weighted by Crippen LogP contribution is 1.99. The maximum absolute atomic E-state index is 10.5. The summed E-state index contributed by atoms with van der Waals surface area (Å²) in [7, 11) is 1.86. The van der Waals surface area contributed by atoms with Gasteiger partial charge in [-0.05, 0) is 0 Å². The fourth-order valence-electron chi connectivity index (χ4n) is 1.17. The molecule has 78 valence electrons. The summed E-state index contributed by atoms with van der Waals surface area (Å²) in [5.41, 5.74) is -0.0655. The Bertz CT molecular complexity index is 487. The molecular formula is C8H9N5O2. The van der Waals surface area contributed by atoms with Crippen LogP contribution in [0.1, 0.15) is 16.3 Å². The van der Waals surface area contributed by atoms with Gasteiger partial charge >= 0.3 is 5.97 Å². The second-order valence-electron chi connectivity index (χ2n) is 3.06. The molecule has 0 amide bonds. The predicted molar refractivity (Wildman–Crippen MR) is 49.3 cm³/mol. The van der Waals surface area contributed by atoms with E-state index in [1.165, 1.54) is 10.9 Å². The van der Waals surface area contributed by atoms with Crippen LogP contribution in [0.2, 0.25) is 0 Å². The summed E-state index contributed by atoms with van der Waals surface area (Å²) < 4.78 is 3.27. The first-order valence-corrected chi connectivity index (χ1v) is 4.26. The van der Waals surface area contributed by atoms with Gasteiger partial charge in [0.05, 0.1) is 6.20 Å². The molecular weight excluding hydrogens is 198 g/mol. The fraction of sp³-hybridized carbons (Fsp3) is 0.250. The Morgan fingerprint density at radius 3 is 2.93 bits per heavy atom. The number of carbonyl (C=O) groups is 1. The Hall–Kier alpha value is -2.18. The van der Waals surface area contributed by atoms with Gasteiger partial charge < -0.3 is 9.67 Å². The van der Waals surface area contributed by atoms with Crippen molar-refractivity contribution in [2.45, 2.75) is 6.54 Å². The van der Waals surface area contributed by atoms with Gasteiger partial charge in [0, 0.05) is 19.4 Å². The van der Waals surface area contributed by atoms with Crippen LogP contribution in [0, 0.1) is 0 Å². The summed E-state index contributed by atoms with van der Waals surface area (Å²) in [6.45, 7) is 0.407. The Morgan fingerprint density at radius 2 is 2.40 bits per heavy atom. The van der Waals surface area contributed by atoms with E-state index in [2.05, 4.69) is 15.3 Å². The highest BCUT2D eigenvalue weighted by atomic mass is 16.4. The summed E-state index contributed by atoms with van der Waals surface area (Å²) in [4.78, 5) is 14.6. The molecule has 0 radical (unpaired) electrons. The Balaban J connectivity index is 2.18. The summed E-state index contributed by atoms with van der Waals surface area (Å²) >= 11 is 0. The van der Waals surface area contributed by atoms with Gasteiger partial charge in [-0.2, -0.15) is 0 Å². The van der Waals surface area contributed by atoms with E-state index in [1.807, 2.05) is 17.8 Å². The second kappa shape index (κ2) is 3.52. The lowest BCUT2D eigenvalue weighted by Crippen LogP contribution is -2.06. The number of hydrogen-bond donors (Lipinski definition) is 1. The average molecular weight is 207 g/mol. The smallest absolute Gasteiger partial charge is 0.358 e. The molecule has 0 bridgehead atoms. The minimum Gasteiger partial charge on any atom is -0.476 e. The van der Waals surface area contributed by atoms with Crippen LogP contribution in [-0.4, -0.2) is 35.6 Å². The highest BCUT2D eigenvalue weighted by Gasteiger charge is 2.09. The average Bonchev–Trinajstić information content (AvgIpc) is 2.77. The molecule has 0 aromatic carbocycles. The molecule has 2 rings (SSSR count). The molecule has 2 heterocycles. The molecule has 7 heteroatoms. The van der Waals surface area contributed by atoms with E-state index in [0.717, 1.165) is 5.82 Å². The molecule has 2 aromatic heterocycles. The number of aromatic nitrogens is 5. The van der Waals surface area contributed by atoms with Crippen molar-refractivity contribution in [3.8, 4) is 0 Å². The van der Waals surface area contributed by atoms with Gasteiger partial charge in [-0.25, -0.2) is 14.5 Å². The molecule has 0 saturated heterocycles. The summed E-state index contributed by atoms with van der Waals surface area (Å²) in [6.07, 6.45) is 4.85. The molecule has 2 aromatic rings. The van der Waals surface area contributed by atoms with E-state index in [0.29, 0.717) is 6.54 Å². The summed E-state index contributed by atoms with van der Waals surface area (Å²) in [5.74, 6) is -0.294. The van der Waals surface area contributed by atoms with E-state index in [9.17, 15) is 4.79 Å². The van der Waals surface area contributed by atoms with E-state index in [-0.39, 0.29) is 5.69 Å². The topological polar surface area (TPSA) is 85.8 Å². The molecule has 0 saturated carbocycles. The van der Waals surface area contributed by atoms with Crippen LogP contribution in [0.4, 0.5) is 0 Å². The number of rotatable bonds is 3. The van der Waals surface area contributed by atoms with Gasteiger partial charge in [-0.15, -0.1) is 5.10 Å². The third kappa shape index (κ3) is 1.85. The lowest BCUT2D eigenvalue weighted by atomic mass is 10.5. The van der Waals surface area contributed by atoms with E-state index in [4.69, 9.17) is 5.11 Å². The van der Waals surface area contributed by atoms with Crippen LogP contribution in [-0.2, 0) is 13.6 Å². The molecule has 0 unspecified atom stereocenters. The molecule has 1 N–H and O–H groups in total. The van der Waals surface area contributed by atoms with Crippen LogP contribution in [0.25, 0.3) is 0 Å². The molecule has 0 atom stereocenters. The van der Waals surface area contributed by atoms with E-state index < -0.39 is 5.97 Å². The zero-order chi connectivity index (χ0) is 10.8. The van der Waals surface area contributed by atoms with Crippen LogP contribution in [0.5, 0.6) is 0 Å². The van der Waals surface area contributed by atoms with Gasteiger partial charge in [0.25, 0.3) is 0 Å². The number of hydrogen-bond acceptors (Lipinski definition) is 4. The van der Waals surface area contributed by atoms with Crippen molar-refractivity contribution in [1.29, 1.82) is 0 Å². The van der Waals surface area contributed by atoms with Crippen molar-refractivity contribution in [3.05, 3.63) is 30.1 Å². The van der Waals surface area contributed by atoms with Crippen molar-refractivity contribution in [3.63, 3.8) is 0 Å². The number of carboxylic acid groups (broad SMARTS) is 1. The minimum atomic E-state index is -1.08. The number of carboxylic acids is 1. The minimum absolute atomic E-state index is 0.0655. The number of aryl methyl sites for hydroxylation is 1. The van der Waals surface area contributed by atoms with Gasteiger partial charge in [0.15, 0.2) is 5.69 Å². The fourth-order valence-corrected chi connectivity index (χ4v) is 1.17. The number of imidazole rings is 1. The standard InChI is InChI=1S/C8H9N5O2/c1-12-3-2-9-7(12)5-13-4-6(8(14)15)10-11-13/h2-4H,5H2,1H3,(H,14,15). The Labute approximate surface area is 85.0 Å². The molecule has 7 nitrogen and oxygen atoms in total. The Kier molecular flexibility index (Phi) is 2.20. The van der Waals surface area contributed by atoms with Crippen LogP contribution in [0.15, 0.2) is 18.6 Å². The molecule has 15 heavy (non-hydrogen) atoms. The maximum atomic E-state index is 10.5.